The molecule has 3 aromatic rings. The third-order valence-corrected chi connectivity index (χ3v) is 3.71. The quantitative estimate of drug-likeness (QED) is 0.526. The highest BCUT2D eigenvalue weighted by molar-refractivity contribution is 5.93. The predicted octanol–water partition coefficient (Wildman–Crippen LogP) is 2.71. The summed E-state index contributed by atoms with van der Waals surface area (Å²) >= 11 is 0. The fraction of sp³-hybridized carbons (Fsp3) is 0.263. The minimum absolute atomic E-state index is 0.251. The Hall–Kier alpha value is -3.42. The lowest BCUT2D eigenvalue weighted by Crippen LogP contribution is -2.29. The molecule has 0 unspecified atom stereocenters. The van der Waals surface area contributed by atoms with Crippen LogP contribution in [0.1, 0.15) is 23.1 Å². The average molecular weight is 366 g/mol. The van der Waals surface area contributed by atoms with Crippen LogP contribution in [0.25, 0.3) is 11.3 Å². The SMILES string of the molecule is CCNc1nc(C)cc(NCCNC(=O)c2cc(-c3ccccc3)on2)n1. The summed E-state index contributed by atoms with van der Waals surface area (Å²) in [6.07, 6.45) is 0. The van der Waals surface area contributed by atoms with E-state index in [0.717, 1.165) is 17.8 Å². The van der Waals surface area contributed by atoms with E-state index in [0.29, 0.717) is 30.6 Å². The molecule has 0 fully saturated rings. The first kappa shape index (κ1) is 18.4. The standard InChI is InChI=1S/C19H22N6O2/c1-3-20-19-23-13(2)11-17(24-19)21-9-10-22-18(26)15-12-16(27-25-15)14-7-5-4-6-8-14/h4-8,11-12H,3,9-10H2,1-2H3,(H,22,26)(H2,20,21,23,24). The number of hydrogen-bond donors (Lipinski definition) is 3. The van der Waals surface area contributed by atoms with Gasteiger partial charge in [0.05, 0.1) is 0 Å². The second kappa shape index (κ2) is 8.79. The van der Waals surface area contributed by atoms with Crippen molar-refractivity contribution < 1.29 is 9.32 Å². The summed E-state index contributed by atoms with van der Waals surface area (Å²) in [5.74, 6) is 1.57. The maximum atomic E-state index is 12.2. The molecule has 8 nitrogen and oxygen atoms in total. The van der Waals surface area contributed by atoms with E-state index in [9.17, 15) is 4.79 Å². The zero-order valence-electron chi connectivity index (χ0n) is 15.3. The molecule has 1 amide bonds. The van der Waals surface area contributed by atoms with Crippen molar-refractivity contribution >= 4 is 17.7 Å². The van der Waals surface area contributed by atoms with E-state index in [4.69, 9.17) is 4.52 Å². The molecular weight excluding hydrogens is 344 g/mol. The lowest BCUT2D eigenvalue weighted by molar-refractivity contribution is 0.0946. The molecular formula is C19H22N6O2. The summed E-state index contributed by atoms with van der Waals surface area (Å²) in [4.78, 5) is 20.9. The Bertz CT molecular complexity index is 894. The number of benzene rings is 1. The molecule has 0 aliphatic rings. The topological polar surface area (TPSA) is 105 Å². The van der Waals surface area contributed by atoms with E-state index in [-0.39, 0.29) is 11.6 Å². The number of hydrogen-bond acceptors (Lipinski definition) is 7. The van der Waals surface area contributed by atoms with Crippen molar-refractivity contribution in [2.75, 3.05) is 30.3 Å². The van der Waals surface area contributed by atoms with Gasteiger partial charge in [-0.15, -0.1) is 0 Å². The fourth-order valence-corrected chi connectivity index (χ4v) is 2.47. The van der Waals surface area contributed by atoms with Crippen molar-refractivity contribution in [2.45, 2.75) is 13.8 Å². The van der Waals surface area contributed by atoms with E-state index < -0.39 is 0 Å². The second-order valence-corrected chi connectivity index (χ2v) is 5.87. The number of amides is 1. The van der Waals surface area contributed by atoms with Crippen LogP contribution >= 0.6 is 0 Å². The van der Waals surface area contributed by atoms with Gasteiger partial charge < -0.3 is 20.5 Å². The Balaban J connectivity index is 1.50. The van der Waals surface area contributed by atoms with E-state index in [1.54, 1.807) is 6.07 Å². The maximum Gasteiger partial charge on any atom is 0.273 e. The Morgan fingerprint density at radius 3 is 2.67 bits per heavy atom. The summed E-state index contributed by atoms with van der Waals surface area (Å²) in [6.45, 7) is 5.59. The normalized spacial score (nSPS) is 10.4. The highest BCUT2D eigenvalue weighted by Gasteiger charge is 2.13. The Labute approximate surface area is 157 Å². The van der Waals surface area contributed by atoms with Crippen molar-refractivity contribution in [3.05, 3.63) is 53.9 Å². The first-order valence-corrected chi connectivity index (χ1v) is 8.79. The molecule has 0 aliphatic carbocycles. The Morgan fingerprint density at radius 1 is 1.07 bits per heavy atom. The van der Waals surface area contributed by atoms with Gasteiger partial charge in [-0.2, -0.15) is 4.98 Å². The lowest BCUT2D eigenvalue weighted by Gasteiger charge is -2.09. The van der Waals surface area contributed by atoms with Crippen molar-refractivity contribution in [3.63, 3.8) is 0 Å². The largest absolute Gasteiger partial charge is 0.368 e. The number of rotatable bonds is 8. The van der Waals surface area contributed by atoms with Gasteiger partial charge in [0, 0.05) is 43.0 Å². The van der Waals surface area contributed by atoms with Crippen molar-refractivity contribution in [2.24, 2.45) is 0 Å². The molecule has 3 N–H and O–H groups in total. The first-order valence-electron chi connectivity index (χ1n) is 8.79. The van der Waals surface area contributed by atoms with Gasteiger partial charge in [-0.1, -0.05) is 35.5 Å². The number of anilines is 2. The molecule has 0 bridgehead atoms. The maximum absolute atomic E-state index is 12.2. The van der Waals surface area contributed by atoms with Crippen molar-refractivity contribution in [3.8, 4) is 11.3 Å². The third-order valence-electron chi connectivity index (χ3n) is 3.71. The predicted molar refractivity (Wildman–Crippen MR) is 104 cm³/mol. The second-order valence-electron chi connectivity index (χ2n) is 5.87. The van der Waals surface area contributed by atoms with Crippen LogP contribution in [0.2, 0.25) is 0 Å². The fourth-order valence-electron chi connectivity index (χ4n) is 2.47. The first-order chi connectivity index (χ1) is 13.2. The van der Waals surface area contributed by atoms with Crippen LogP contribution in [0.4, 0.5) is 11.8 Å². The van der Waals surface area contributed by atoms with Gasteiger partial charge in [-0.05, 0) is 13.8 Å². The minimum Gasteiger partial charge on any atom is -0.368 e. The van der Waals surface area contributed by atoms with Crippen LogP contribution in [0.5, 0.6) is 0 Å². The van der Waals surface area contributed by atoms with Crippen LogP contribution < -0.4 is 16.0 Å². The van der Waals surface area contributed by atoms with E-state index in [1.807, 2.05) is 50.2 Å². The molecule has 0 radical (unpaired) electrons. The molecule has 0 atom stereocenters. The number of aryl methyl sites for hydroxylation is 1. The monoisotopic (exact) mass is 366 g/mol. The highest BCUT2D eigenvalue weighted by atomic mass is 16.5. The van der Waals surface area contributed by atoms with Crippen molar-refractivity contribution in [1.82, 2.24) is 20.4 Å². The third kappa shape index (κ3) is 5.04. The van der Waals surface area contributed by atoms with Crippen LogP contribution in [-0.4, -0.2) is 40.7 Å². The number of carbonyl (C=O) groups is 1. The smallest absolute Gasteiger partial charge is 0.273 e. The van der Waals surface area contributed by atoms with Gasteiger partial charge in [0.25, 0.3) is 5.91 Å². The summed E-state index contributed by atoms with van der Waals surface area (Å²) < 4.78 is 5.25. The lowest BCUT2D eigenvalue weighted by atomic mass is 10.1. The molecule has 0 saturated carbocycles. The molecule has 2 heterocycles. The van der Waals surface area contributed by atoms with Crippen LogP contribution in [0.3, 0.4) is 0 Å². The molecule has 3 rings (SSSR count). The number of aromatic nitrogens is 3. The molecule has 1 aromatic carbocycles. The zero-order chi connectivity index (χ0) is 19.1. The summed E-state index contributed by atoms with van der Waals surface area (Å²) in [5, 5.41) is 12.9. The Kier molecular flexibility index (Phi) is 5.98. The van der Waals surface area contributed by atoms with Crippen LogP contribution in [0, 0.1) is 6.92 Å². The molecule has 0 aliphatic heterocycles. The summed E-state index contributed by atoms with van der Waals surface area (Å²) in [6, 6.07) is 13.0. The minimum atomic E-state index is -0.282. The molecule has 0 spiro atoms. The highest BCUT2D eigenvalue weighted by Crippen LogP contribution is 2.19. The van der Waals surface area contributed by atoms with Gasteiger partial charge in [0.2, 0.25) is 5.95 Å². The summed E-state index contributed by atoms with van der Waals surface area (Å²) in [7, 11) is 0. The van der Waals surface area contributed by atoms with E-state index in [1.165, 1.54) is 0 Å². The van der Waals surface area contributed by atoms with Gasteiger partial charge >= 0.3 is 0 Å². The van der Waals surface area contributed by atoms with Gasteiger partial charge in [0.1, 0.15) is 5.82 Å². The van der Waals surface area contributed by atoms with Gasteiger partial charge in [-0.3, -0.25) is 4.79 Å². The molecule has 140 valence electrons. The molecule has 8 heteroatoms. The van der Waals surface area contributed by atoms with Crippen LogP contribution in [0.15, 0.2) is 47.0 Å². The van der Waals surface area contributed by atoms with E-state index >= 15 is 0 Å². The molecule has 27 heavy (non-hydrogen) atoms. The Morgan fingerprint density at radius 2 is 1.89 bits per heavy atom. The van der Waals surface area contributed by atoms with Gasteiger partial charge in [-0.25, -0.2) is 4.98 Å². The van der Waals surface area contributed by atoms with Crippen LogP contribution in [-0.2, 0) is 0 Å². The van der Waals surface area contributed by atoms with Gasteiger partial charge in [0.15, 0.2) is 11.5 Å². The number of nitrogens with zero attached hydrogens (tertiary/aromatic N) is 3. The summed E-state index contributed by atoms with van der Waals surface area (Å²) in [5.41, 5.74) is 1.99. The van der Waals surface area contributed by atoms with E-state index in [2.05, 4.69) is 31.1 Å². The molecule has 0 saturated heterocycles. The number of nitrogens with one attached hydrogen (secondary N) is 3. The average Bonchev–Trinajstić information content (AvgIpc) is 3.16. The van der Waals surface area contributed by atoms with Crippen molar-refractivity contribution in [1.29, 1.82) is 0 Å². The zero-order valence-corrected chi connectivity index (χ0v) is 15.3. The number of carbonyl (C=O) groups excluding carboxylic acids is 1. The molecule has 2 aromatic heterocycles.